The minimum atomic E-state index is -0.0121. The molecule has 0 saturated carbocycles. The Balaban J connectivity index is 2.67. The molecule has 1 aromatic rings. The van der Waals surface area contributed by atoms with E-state index in [0.717, 1.165) is 23.7 Å². The molecule has 80 valence electrons. The third-order valence-corrected chi connectivity index (χ3v) is 3.18. The second-order valence-corrected chi connectivity index (χ2v) is 4.90. The van der Waals surface area contributed by atoms with E-state index in [1.54, 1.807) is 18.4 Å². The van der Waals surface area contributed by atoms with Crippen molar-refractivity contribution in [1.29, 1.82) is 0 Å². The number of nitrogens with two attached hydrogens (primary N) is 1. The van der Waals surface area contributed by atoms with Crippen LogP contribution in [0.2, 0.25) is 0 Å². The zero-order chi connectivity index (χ0) is 10.6. The van der Waals surface area contributed by atoms with Crippen molar-refractivity contribution in [3.05, 3.63) is 16.1 Å². The Bertz CT molecular complexity index is 283. The zero-order valence-electron chi connectivity index (χ0n) is 9.04. The highest BCUT2D eigenvalue weighted by Crippen LogP contribution is 2.23. The molecule has 0 amide bonds. The molecule has 1 rings (SSSR count). The van der Waals surface area contributed by atoms with Gasteiger partial charge in [0.1, 0.15) is 0 Å². The molecule has 0 radical (unpaired) electrons. The van der Waals surface area contributed by atoms with Crippen molar-refractivity contribution >= 4 is 11.3 Å². The molecular weight excluding hydrogens is 196 g/mol. The van der Waals surface area contributed by atoms with E-state index in [2.05, 4.69) is 24.2 Å². The van der Waals surface area contributed by atoms with Crippen LogP contribution < -0.4 is 5.73 Å². The molecular formula is C10H18N2OS. The Kier molecular flexibility index (Phi) is 4.04. The molecule has 1 aromatic heterocycles. The number of thiazole rings is 1. The van der Waals surface area contributed by atoms with Crippen molar-refractivity contribution in [1.82, 2.24) is 4.98 Å². The minimum absolute atomic E-state index is 0.0121. The van der Waals surface area contributed by atoms with Gasteiger partial charge < -0.3 is 10.5 Å². The normalized spacial score (nSPS) is 12.0. The summed E-state index contributed by atoms with van der Waals surface area (Å²) in [6.07, 6.45) is 0.891. The molecule has 0 spiro atoms. The molecule has 0 fully saturated rings. The van der Waals surface area contributed by atoms with E-state index in [1.807, 2.05) is 0 Å². The second-order valence-electron chi connectivity index (χ2n) is 3.96. The largest absolute Gasteiger partial charge is 0.384 e. The van der Waals surface area contributed by atoms with Crippen LogP contribution in [0.15, 0.2) is 5.38 Å². The molecule has 0 aliphatic rings. The van der Waals surface area contributed by atoms with Crippen molar-refractivity contribution in [2.24, 2.45) is 5.73 Å². The van der Waals surface area contributed by atoms with Gasteiger partial charge in [0.05, 0.1) is 17.3 Å². The summed E-state index contributed by atoms with van der Waals surface area (Å²) in [4.78, 5) is 4.55. The van der Waals surface area contributed by atoms with Gasteiger partial charge in [0, 0.05) is 30.9 Å². The predicted molar refractivity (Wildman–Crippen MR) is 59.8 cm³/mol. The first-order valence-corrected chi connectivity index (χ1v) is 5.62. The van der Waals surface area contributed by atoms with E-state index in [4.69, 9.17) is 10.5 Å². The minimum Gasteiger partial charge on any atom is -0.384 e. The molecule has 4 heteroatoms. The Morgan fingerprint density at radius 1 is 1.57 bits per heavy atom. The third-order valence-electron chi connectivity index (χ3n) is 2.28. The van der Waals surface area contributed by atoms with Crippen molar-refractivity contribution in [3.8, 4) is 0 Å². The SMILES string of the molecule is COCCc1nc(C(C)(C)CN)cs1. The number of hydrogen-bond acceptors (Lipinski definition) is 4. The average Bonchev–Trinajstić information content (AvgIpc) is 2.63. The van der Waals surface area contributed by atoms with E-state index < -0.39 is 0 Å². The van der Waals surface area contributed by atoms with Gasteiger partial charge in [-0.2, -0.15) is 0 Å². The summed E-state index contributed by atoms with van der Waals surface area (Å²) in [7, 11) is 1.71. The number of methoxy groups -OCH3 is 1. The summed E-state index contributed by atoms with van der Waals surface area (Å²) in [5.41, 5.74) is 6.77. The summed E-state index contributed by atoms with van der Waals surface area (Å²) in [5, 5.41) is 3.22. The summed E-state index contributed by atoms with van der Waals surface area (Å²) >= 11 is 1.69. The number of aromatic nitrogens is 1. The average molecular weight is 214 g/mol. The summed E-state index contributed by atoms with van der Waals surface area (Å²) in [6, 6.07) is 0. The Labute approximate surface area is 89.3 Å². The molecule has 0 saturated heterocycles. The van der Waals surface area contributed by atoms with Crippen LogP contribution in [0.4, 0.5) is 0 Å². The van der Waals surface area contributed by atoms with Gasteiger partial charge in [-0.25, -0.2) is 4.98 Å². The van der Waals surface area contributed by atoms with E-state index in [-0.39, 0.29) is 5.41 Å². The van der Waals surface area contributed by atoms with Crippen molar-refractivity contribution in [3.63, 3.8) is 0 Å². The van der Waals surface area contributed by atoms with Crippen LogP contribution in [0.5, 0.6) is 0 Å². The highest BCUT2D eigenvalue weighted by molar-refractivity contribution is 7.09. The second kappa shape index (κ2) is 4.87. The molecule has 0 aliphatic heterocycles. The quantitative estimate of drug-likeness (QED) is 0.809. The Hall–Kier alpha value is -0.450. The molecule has 2 N–H and O–H groups in total. The lowest BCUT2D eigenvalue weighted by molar-refractivity contribution is 0.202. The van der Waals surface area contributed by atoms with Crippen LogP contribution in [-0.2, 0) is 16.6 Å². The third kappa shape index (κ3) is 2.77. The first kappa shape index (κ1) is 11.6. The van der Waals surface area contributed by atoms with Gasteiger partial charge in [0.25, 0.3) is 0 Å². The fourth-order valence-electron chi connectivity index (χ4n) is 1.03. The first-order valence-electron chi connectivity index (χ1n) is 4.74. The maximum atomic E-state index is 5.69. The fraction of sp³-hybridized carbons (Fsp3) is 0.700. The van der Waals surface area contributed by atoms with Gasteiger partial charge in [-0.1, -0.05) is 13.8 Å². The molecule has 0 unspecified atom stereocenters. The summed E-state index contributed by atoms with van der Waals surface area (Å²) in [5.74, 6) is 0. The van der Waals surface area contributed by atoms with E-state index in [1.165, 1.54) is 0 Å². The standard InChI is InChI=1S/C10H18N2OS/c1-10(2,7-11)8-6-14-9(12-8)4-5-13-3/h6H,4-5,7,11H2,1-3H3. The van der Waals surface area contributed by atoms with Gasteiger partial charge in [0.2, 0.25) is 0 Å². The highest BCUT2D eigenvalue weighted by Gasteiger charge is 2.21. The van der Waals surface area contributed by atoms with Crippen LogP contribution >= 0.6 is 11.3 Å². The first-order chi connectivity index (χ1) is 6.60. The topological polar surface area (TPSA) is 48.1 Å². The lowest BCUT2D eigenvalue weighted by Gasteiger charge is -2.19. The number of hydrogen-bond donors (Lipinski definition) is 1. The maximum absolute atomic E-state index is 5.69. The summed E-state index contributed by atoms with van der Waals surface area (Å²) < 4.78 is 5.01. The molecule has 0 atom stereocenters. The van der Waals surface area contributed by atoms with Gasteiger partial charge >= 0.3 is 0 Å². The van der Waals surface area contributed by atoms with Crippen LogP contribution in [-0.4, -0.2) is 25.2 Å². The molecule has 3 nitrogen and oxygen atoms in total. The monoisotopic (exact) mass is 214 g/mol. The Morgan fingerprint density at radius 3 is 2.86 bits per heavy atom. The number of nitrogens with zero attached hydrogens (tertiary/aromatic N) is 1. The van der Waals surface area contributed by atoms with Crippen LogP contribution in [0, 0.1) is 0 Å². The molecule has 0 aliphatic carbocycles. The van der Waals surface area contributed by atoms with E-state index >= 15 is 0 Å². The molecule has 14 heavy (non-hydrogen) atoms. The van der Waals surface area contributed by atoms with Crippen LogP contribution in [0.3, 0.4) is 0 Å². The molecule has 0 aromatic carbocycles. The van der Waals surface area contributed by atoms with E-state index in [0.29, 0.717) is 6.54 Å². The smallest absolute Gasteiger partial charge is 0.0951 e. The number of rotatable bonds is 5. The Morgan fingerprint density at radius 2 is 2.29 bits per heavy atom. The maximum Gasteiger partial charge on any atom is 0.0951 e. The van der Waals surface area contributed by atoms with Crippen molar-refractivity contribution in [2.45, 2.75) is 25.7 Å². The fourth-order valence-corrected chi connectivity index (χ4v) is 2.00. The van der Waals surface area contributed by atoms with Gasteiger partial charge in [-0.05, 0) is 0 Å². The lowest BCUT2D eigenvalue weighted by Crippen LogP contribution is -2.28. The van der Waals surface area contributed by atoms with Crippen molar-refractivity contribution in [2.75, 3.05) is 20.3 Å². The summed E-state index contributed by atoms with van der Waals surface area (Å²) in [6.45, 7) is 5.58. The molecule has 0 bridgehead atoms. The zero-order valence-corrected chi connectivity index (χ0v) is 9.86. The number of ether oxygens (including phenoxy) is 1. The lowest BCUT2D eigenvalue weighted by atomic mass is 9.90. The van der Waals surface area contributed by atoms with Gasteiger partial charge in [-0.3, -0.25) is 0 Å². The predicted octanol–water partition coefficient (Wildman–Crippen LogP) is 1.57. The van der Waals surface area contributed by atoms with Crippen LogP contribution in [0.1, 0.15) is 24.5 Å². The highest BCUT2D eigenvalue weighted by atomic mass is 32.1. The van der Waals surface area contributed by atoms with E-state index in [9.17, 15) is 0 Å². The molecule has 1 heterocycles. The van der Waals surface area contributed by atoms with Crippen LogP contribution in [0.25, 0.3) is 0 Å². The van der Waals surface area contributed by atoms with Crippen molar-refractivity contribution < 1.29 is 4.74 Å². The van der Waals surface area contributed by atoms with Gasteiger partial charge in [0.15, 0.2) is 0 Å². The van der Waals surface area contributed by atoms with Gasteiger partial charge in [-0.15, -0.1) is 11.3 Å².